The summed E-state index contributed by atoms with van der Waals surface area (Å²) in [5, 5.41) is 32.4. The second kappa shape index (κ2) is 10.4. The van der Waals surface area contributed by atoms with Crippen molar-refractivity contribution in [3.05, 3.63) is 58.4 Å². The number of carbonyl (C=O) groups excluding carboxylic acids is 3. The van der Waals surface area contributed by atoms with Gasteiger partial charge in [-0.15, -0.1) is 0 Å². The Labute approximate surface area is 267 Å². The Morgan fingerprint density at radius 1 is 0.933 bits per heavy atom. The van der Waals surface area contributed by atoms with Gasteiger partial charge in [0.05, 0.1) is 5.41 Å². The number of aromatic hydroxyl groups is 2. The van der Waals surface area contributed by atoms with E-state index >= 15 is 9.59 Å². The van der Waals surface area contributed by atoms with Crippen LogP contribution in [0.25, 0.3) is 0 Å². The van der Waals surface area contributed by atoms with Crippen molar-refractivity contribution in [1.29, 1.82) is 0 Å². The molecule has 7 nitrogen and oxygen atoms in total. The molecule has 2 spiro atoms. The third kappa shape index (κ3) is 4.75. The van der Waals surface area contributed by atoms with Crippen molar-refractivity contribution >= 4 is 17.3 Å². The van der Waals surface area contributed by atoms with Crippen molar-refractivity contribution in [3.63, 3.8) is 0 Å². The van der Waals surface area contributed by atoms with Gasteiger partial charge >= 0.3 is 0 Å². The fourth-order valence-corrected chi connectivity index (χ4v) is 9.07. The molecule has 1 saturated heterocycles. The molecule has 244 valence electrons. The first kappa shape index (κ1) is 33.2. The van der Waals surface area contributed by atoms with Gasteiger partial charge < -0.3 is 20.1 Å². The normalized spacial score (nSPS) is 34.7. The zero-order chi connectivity index (χ0) is 33.5. The Balaban J connectivity index is 1.84. The molecule has 7 heteroatoms. The van der Waals surface area contributed by atoms with Crippen LogP contribution >= 0.6 is 0 Å². The number of carbonyl (C=O) groups is 3. The summed E-state index contributed by atoms with van der Waals surface area (Å²) in [6.07, 6.45) is 7.15. The van der Waals surface area contributed by atoms with E-state index in [1.54, 1.807) is 6.92 Å². The number of hydrogen-bond acceptors (Lipinski definition) is 7. The van der Waals surface area contributed by atoms with Gasteiger partial charge in [0.2, 0.25) is 0 Å². The summed E-state index contributed by atoms with van der Waals surface area (Å²) in [6, 6.07) is 3.73. The number of phenolic OH excluding ortho intramolecular Hbond substituents is 2. The van der Waals surface area contributed by atoms with Crippen molar-refractivity contribution in [2.24, 2.45) is 27.6 Å². The number of rotatable bonds is 6. The number of Topliss-reactive ketones (excluding diaryl/α,β-unsaturated/α-hetero) is 3. The van der Waals surface area contributed by atoms with Crippen molar-refractivity contribution in [3.8, 4) is 11.5 Å². The second-order valence-corrected chi connectivity index (χ2v) is 16.4. The molecular formula is C38H50O7. The van der Waals surface area contributed by atoms with Gasteiger partial charge in [0.25, 0.3) is 0 Å². The van der Waals surface area contributed by atoms with Crippen molar-refractivity contribution in [2.75, 3.05) is 0 Å². The molecule has 3 aliphatic carbocycles. The van der Waals surface area contributed by atoms with Crippen LogP contribution in [0.1, 0.15) is 118 Å². The van der Waals surface area contributed by atoms with Gasteiger partial charge in [0.1, 0.15) is 27.9 Å². The van der Waals surface area contributed by atoms with E-state index in [4.69, 9.17) is 4.74 Å². The van der Waals surface area contributed by atoms with E-state index in [0.717, 1.165) is 23.6 Å². The summed E-state index contributed by atoms with van der Waals surface area (Å²) < 4.78 is 6.87. The van der Waals surface area contributed by atoms with Crippen LogP contribution in [-0.4, -0.2) is 43.9 Å². The first-order valence-corrected chi connectivity index (χ1v) is 16.3. The molecule has 3 N–H and O–H groups in total. The van der Waals surface area contributed by atoms with Crippen molar-refractivity contribution in [1.82, 2.24) is 0 Å². The van der Waals surface area contributed by atoms with Gasteiger partial charge in [0, 0.05) is 12.0 Å². The minimum absolute atomic E-state index is 0.0149. The predicted molar refractivity (Wildman–Crippen MR) is 173 cm³/mol. The minimum atomic E-state index is -1.55. The highest BCUT2D eigenvalue weighted by molar-refractivity contribution is 6.35. The summed E-state index contributed by atoms with van der Waals surface area (Å²) in [7, 11) is 0. The second-order valence-electron chi connectivity index (χ2n) is 16.4. The van der Waals surface area contributed by atoms with Gasteiger partial charge in [-0.25, -0.2) is 0 Å². The van der Waals surface area contributed by atoms with Crippen LogP contribution in [0.3, 0.4) is 0 Å². The SMILES string of the molecule is CC(C)=CC[C@@H]1C[C@]23C[C@@]4(CCC(C)(C)C[C@@]4(C)O)OC2=C(C(=O)c2ccc(O)c(O)c2)C(=O)[C@](CC=C(C)C)(C3=O)C1(C)C. The third-order valence-corrected chi connectivity index (χ3v) is 11.8. The molecule has 0 aromatic heterocycles. The standard InChI is InChI=1S/C38H50O7/c1-22(2)10-12-25-19-36-21-37(17-16-33(5,6)20-35(37,9)44)45-31(36)28(29(41)24-11-13-26(39)27(40)18-24)30(42)38(32(36)43,34(25,7)8)15-14-23(3)4/h10-11,13-14,18,25,39-40,44H,12,15-17,19-21H2,1-9H3/t25-,35-,36+,37-,38-/m1/s1. The molecule has 0 radical (unpaired) electrons. The van der Waals surface area contributed by atoms with E-state index in [1.807, 2.05) is 47.6 Å². The molecule has 5 atom stereocenters. The average molecular weight is 619 g/mol. The number of hydrogen-bond donors (Lipinski definition) is 3. The molecule has 3 fully saturated rings. The number of aliphatic hydroxyl groups is 1. The van der Waals surface area contributed by atoms with E-state index in [1.165, 1.54) is 12.1 Å². The number of benzene rings is 1. The molecule has 5 rings (SSSR count). The number of phenols is 2. The quantitative estimate of drug-likeness (QED) is 0.0990. The van der Waals surface area contributed by atoms with Crippen LogP contribution in [0, 0.1) is 27.6 Å². The van der Waals surface area contributed by atoms with Crippen molar-refractivity contribution in [2.45, 2.75) is 118 Å². The molecule has 45 heavy (non-hydrogen) atoms. The van der Waals surface area contributed by atoms with E-state index in [-0.39, 0.29) is 52.6 Å². The van der Waals surface area contributed by atoms with Gasteiger partial charge in [0.15, 0.2) is 28.8 Å². The smallest absolute Gasteiger partial charge is 0.200 e. The van der Waals surface area contributed by atoms with Gasteiger partial charge in [-0.05, 0) is 108 Å². The number of ketones is 3. The Kier molecular flexibility index (Phi) is 7.68. The largest absolute Gasteiger partial charge is 0.504 e. The number of ether oxygens (including phenoxy) is 1. The zero-order valence-corrected chi connectivity index (χ0v) is 28.4. The minimum Gasteiger partial charge on any atom is -0.504 e. The highest BCUT2D eigenvalue weighted by Crippen LogP contribution is 2.72. The number of allylic oxidation sites excluding steroid dienone is 6. The lowest BCUT2D eigenvalue weighted by molar-refractivity contribution is -0.183. The van der Waals surface area contributed by atoms with Gasteiger partial charge in [-0.2, -0.15) is 0 Å². The lowest BCUT2D eigenvalue weighted by Crippen LogP contribution is -2.66. The molecular weight excluding hydrogens is 568 g/mol. The molecule has 0 amide bonds. The van der Waals surface area contributed by atoms with E-state index < -0.39 is 44.8 Å². The maximum Gasteiger partial charge on any atom is 0.200 e. The summed E-state index contributed by atoms with van der Waals surface area (Å²) in [4.78, 5) is 45.1. The van der Waals surface area contributed by atoms with Crippen LogP contribution in [0.2, 0.25) is 0 Å². The molecule has 4 aliphatic rings. The maximum absolute atomic E-state index is 15.4. The molecule has 1 aromatic rings. The molecule has 2 bridgehead atoms. The highest BCUT2D eigenvalue weighted by atomic mass is 16.5. The molecule has 1 aliphatic heterocycles. The van der Waals surface area contributed by atoms with Gasteiger partial charge in [-0.1, -0.05) is 51.0 Å². The topological polar surface area (TPSA) is 121 Å². The molecule has 1 heterocycles. The van der Waals surface area contributed by atoms with E-state index in [0.29, 0.717) is 25.7 Å². The van der Waals surface area contributed by atoms with Gasteiger partial charge in [-0.3, -0.25) is 14.4 Å². The summed E-state index contributed by atoms with van der Waals surface area (Å²) in [6.45, 7) is 17.9. The first-order valence-electron chi connectivity index (χ1n) is 16.3. The lowest BCUT2D eigenvalue weighted by Gasteiger charge is -2.59. The predicted octanol–water partition coefficient (Wildman–Crippen LogP) is 7.54. The monoisotopic (exact) mass is 618 g/mol. The molecule has 1 aromatic carbocycles. The van der Waals surface area contributed by atoms with Crippen LogP contribution in [-0.2, 0) is 14.3 Å². The van der Waals surface area contributed by atoms with Crippen molar-refractivity contribution < 1.29 is 34.4 Å². The fraction of sp³-hybridized carbons (Fsp3) is 0.605. The number of fused-ring (bicyclic) bond motifs is 1. The highest BCUT2D eigenvalue weighted by Gasteiger charge is 2.78. The van der Waals surface area contributed by atoms with Crippen LogP contribution < -0.4 is 0 Å². The summed E-state index contributed by atoms with van der Waals surface area (Å²) >= 11 is 0. The Morgan fingerprint density at radius 3 is 2.16 bits per heavy atom. The maximum atomic E-state index is 15.4. The first-order chi connectivity index (χ1) is 20.7. The fourth-order valence-electron chi connectivity index (χ4n) is 9.07. The van der Waals surface area contributed by atoms with Crippen LogP contribution in [0.4, 0.5) is 0 Å². The van der Waals surface area contributed by atoms with Crippen LogP contribution in [0.5, 0.6) is 11.5 Å². The molecule has 2 saturated carbocycles. The van der Waals surface area contributed by atoms with E-state index in [9.17, 15) is 20.1 Å². The Morgan fingerprint density at radius 2 is 1.58 bits per heavy atom. The van der Waals surface area contributed by atoms with E-state index in [2.05, 4.69) is 19.9 Å². The lowest BCUT2D eigenvalue weighted by atomic mass is 9.39. The zero-order valence-electron chi connectivity index (χ0n) is 28.4. The Hall–Kier alpha value is -3.19. The Bertz CT molecular complexity index is 1560. The van der Waals surface area contributed by atoms with Crippen LogP contribution in [0.15, 0.2) is 52.8 Å². The summed E-state index contributed by atoms with van der Waals surface area (Å²) in [5.41, 5.74) is -4.36. The third-order valence-electron chi connectivity index (χ3n) is 11.8. The summed E-state index contributed by atoms with van der Waals surface area (Å²) in [5.74, 6) is -2.31. The average Bonchev–Trinajstić information content (AvgIpc) is 3.25. The molecule has 0 unspecified atom stereocenters.